The molecule has 0 fully saturated rings. The molecule has 0 aliphatic heterocycles. The van der Waals surface area contributed by atoms with Gasteiger partial charge in [0.2, 0.25) is 6.41 Å². The molecule has 7 heteroatoms. The second-order valence-corrected chi connectivity index (χ2v) is 7.12. The molecule has 160 valence electrons. The molecule has 32 heavy (non-hydrogen) atoms. The van der Waals surface area contributed by atoms with E-state index in [0.29, 0.717) is 24.9 Å². The van der Waals surface area contributed by atoms with Gasteiger partial charge >= 0.3 is 0 Å². The van der Waals surface area contributed by atoms with Crippen LogP contribution in [0.15, 0.2) is 72.9 Å². The third kappa shape index (κ3) is 4.14. The molecular weight excluding hydrogens is 407 g/mol. The number of aldehydes is 1. The first-order valence-electron chi connectivity index (χ1n) is 9.96. The topological polar surface area (TPSA) is 100 Å². The zero-order valence-corrected chi connectivity index (χ0v) is 17.1. The molecule has 4 aromatic rings. The molecule has 6 nitrogen and oxygen atoms in total. The van der Waals surface area contributed by atoms with Crippen molar-refractivity contribution in [1.82, 2.24) is 4.98 Å². The highest BCUT2D eigenvalue weighted by atomic mass is 19.1. The zero-order chi connectivity index (χ0) is 22.5. The van der Waals surface area contributed by atoms with Crippen LogP contribution >= 0.6 is 0 Å². The summed E-state index contributed by atoms with van der Waals surface area (Å²) in [6.45, 7) is 0.313. The van der Waals surface area contributed by atoms with Gasteiger partial charge in [0, 0.05) is 29.5 Å². The standard InChI is InChI=1S/C25H21FN4O2/c26-18-4-2-16(3-5-18)24-13-22-21(8-9-23(29-15-32)25(22)30-24)20-7-6-19(12-17(20)14-27)28-10-1-11-31/h1-13,15,28,30H,14,27H2,(H,29,32). The molecule has 0 aliphatic rings. The lowest BCUT2D eigenvalue weighted by Crippen LogP contribution is -2.01. The maximum atomic E-state index is 13.4. The minimum absolute atomic E-state index is 0.307. The van der Waals surface area contributed by atoms with Gasteiger partial charge in [0.05, 0.1) is 11.2 Å². The number of nitrogens with two attached hydrogens (primary N) is 1. The fourth-order valence-corrected chi connectivity index (χ4v) is 3.72. The molecule has 0 atom stereocenters. The number of aromatic amines is 1. The van der Waals surface area contributed by atoms with Crippen molar-refractivity contribution < 1.29 is 14.0 Å². The molecule has 1 amide bonds. The Bertz CT molecular complexity index is 1310. The normalized spacial score (nSPS) is 11.1. The van der Waals surface area contributed by atoms with E-state index in [1.807, 2.05) is 36.4 Å². The van der Waals surface area contributed by atoms with Crippen LogP contribution in [-0.2, 0) is 16.1 Å². The summed E-state index contributed by atoms with van der Waals surface area (Å²) >= 11 is 0. The molecule has 0 saturated heterocycles. The van der Waals surface area contributed by atoms with Crippen molar-refractivity contribution in [1.29, 1.82) is 0 Å². The average molecular weight is 428 g/mol. The Hall–Kier alpha value is -4.23. The monoisotopic (exact) mass is 428 g/mol. The van der Waals surface area contributed by atoms with E-state index in [1.165, 1.54) is 18.2 Å². The van der Waals surface area contributed by atoms with Crippen molar-refractivity contribution in [3.8, 4) is 22.4 Å². The van der Waals surface area contributed by atoms with Crippen LogP contribution in [0, 0.1) is 5.82 Å². The van der Waals surface area contributed by atoms with E-state index >= 15 is 0 Å². The Morgan fingerprint density at radius 1 is 0.938 bits per heavy atom. The fourth-order valence-electron chi connectivity index (χ4n) is 3.72. The number of nitrogens with one attached hydrogen (secondary N) is 3. The third-order valence-electron chi connectivity index (χ3n) is 5.20. The maximum Gasteiger partial charge on any atom is 0.211 e. The van der Waals surface area contributed by atoms with Crippen molar-refractivity contribution >= 4 is 35.0 Å². The lowest BCUT2D eigenvalue weighted by molar-refractivity contribution is -0.105. The van der Waals surface area contributed by atoms with Gasteiger partial charge in [-0.1, -0.05) is 12.1 Å². The minimum atomic E-state index is -0.307. The second kappa shape index (κ2) is 9.28. The molecule has 5 N–H and O–H groups in total. The van der Waals surface area contributed by atoms with Crippen molar-refractivity contribution in [3.05, 3.63) is 84.3 Å². The van der Waals surface area contributed by atoms with Crippen molar-refractivity contribution in [2.24, 2.45) is 5.73 Å². The summed E-state index contributed by atoms with van der Waals surface area (Å²) < 4.78 is 13.4. The minimum Gasteiger partial charge on any atom is -0.362 e. The number of amides is 1. The summed E-state index contributed by atoms with van der Waals surface area (Å²) in [4.78, 5) is 24.9. The number of carbonyl (C=O) groups excluding carboxylic acids is 2. The van der Waals surface area contributed by atoms with E-state index in [0.717, 1.165) is 44.5 Å². The molecule has 0 aliphatic carbocycles. The summed E-state index contributed by atoms with van der Waals surface area (Å²) in [6.07, 6.45) is 4.25. The Kier molecular flexibility index (Phi) is 6.10. The quantitative estimate of drug-likeness (QED) is 0.239. The Morgan fingerprint density at radius 3 is 2.44 bits per heavy atom. The molecule has 1 aromatic heterocycles. The van der Waals surface area contributed by atoms with Gasteiger partial charge in [0.25, 0.3) is 0 Å². The summed E-state index contributed by atoms with van der Waals surface area (Å²) in [5.74, 6) is -0.307. The van der Waals surface area contributed by atoms with Crippen LogP contribution in [0.3, 0.4) is 0 Å². The molecule has 3 aromatic carbocycles. The number of allylic oxidation sites excluding steroid dienone is 1. The average Bonchev–Trinajstić information content (AvgIpc) is 3.26. The molecular formula is C25H21FN4O2. The predicted molar refractivity (Wildman–Crippen MR) is 126 cm³/mol. The summed E-state index contributed by atoms with van der Waals surface area (Å²) in [5, 5.41) is 6.66. The summed E-state index contributed by atoms with van der Waals surface area (Å²) in [7, 11) is 0. The Balaban J connectivity index is 1.86. The van der Waals surface area contributed by atoms with Gasteiger partial charge < -0.3 is 21.4 Å². The largest absolute Gasteiger partial charge is 0.362 e. The van der Waals surface area contributed by atoms with Crippen LogP contribution in [-0.4, -0.2) is 17.7 Å². The van der Waals surface area contributed by atoms with Crippen molar-refractivity contribution in [2.45, 2.75) is 6.54 Å². The van der Waals surface area contributed by atoms with Gasteiger partial charge in [-0.3, -0.25) is 9.59 Å². The van der Waals surface area contributed by atoms with Crippen LogP contribution in [0.1, 0.15) is 5.56 Å². The van der Waals surface area contributed by atoms with Gasteiger partial charge in [-0.2, -0.15) is 0 Å². The van der Waals surface area contributed by atoms with E-state index in [9.17, 15) is 14.0 Å². The molecule has 1 heterocycles. The number of rotatable bonds is 8. The highest BCUT2D eigenvalue weighted by Crippen LogP contribution is 2.38. The van der Waals surface area contributed by atoms with E-state index in [-0.39, 0.29) is 5.82 Å². The molecule has 0 saturated carbocycles. The van der Waals surface area contributed by atoms with E-state index < -0.39 is 0 Å². The number of fused-ring (bicyclic) bond motifs is 1. The first kappa shape index (κ1) is 21.0. The number of hydrogen-bond acceptors (Lipinski definition) is 4. The van der Waals surface area contributed by atoms with Crippen molar-refractivity contribution in [2.75, 3.05) is 10.6 Å². The number of aromatic nitrogens is 1. The maximum absolute atomic E-state index is 13.4. The first-order chi connectivity index (χ1) is 15.6. The lowest BCUT2D eigenvalue weighted by Gasteiger charge is -2.13. The van der Waals surface area contributed by atoms with Crippen LogP contribution in [0.5, 0.6) is 0 Å². The number of anilines is 2. The Morgan fingerprint density at radius 2 is 1.72 bits per heavy atom. The van der Waals surface area contributed by atoms with Gasteiger partial charge in [-0.15, -0.1) is 0 Å². The third-order valence-corrected chi connectivity index (χ3v) is 5.20. The SMILES string of the molecule is NCc1cc(NC=CC=O)ccc1-c1ccc(NC=O)c2[nH]c(-c3ccc(F)cc3)cc12. The number of H-pyrrole nitrogens is 1. The molecule has 0 radical (unpaired) electrons. The highest BCUT2D eigenvalue weighted by Gasteiger charge is 2.15. The van der Waals surface area contributed by atoms with Gasteiger partial charge in [-0.25, -0.2) is 4.39 Å². The predicted octanol–water partition coefficient (Wildman–Crippen LogP) is 4.79. The molecule has 0 bridgehead atoms. The molecule has 0 spiro atoms. The lowest BCUT2D eigenvalue weighted by atomic mass is 9.95. The van der Waals surface area contributed by atoms with Gasteiger partial charge in [0.15, 0.2) is 0 Å². The van der Waals surface area contributed by atoms with Crippen LogP contribution in [0.4, 0.5) is 15.8 Å². The number of halogens is 1. The first-order valence-corrected chi connectivity index (χ1v) is 9.96. The van der Waals surface area contributed by atoms with Crippen LogP contribution in [0.25, 0.3) is 33.3 Å². The summed E-state index contributed by atoms with van der Waals surface area (Å²) in [6, 6.07) is 17.8. The van der Waals surface area contributed by atoms with Crippen molar-refractivity contribution in [3.63, 3.8) is 0 Å². The fraction of sp³-hybridized carbons (Fsp3) is 0.0400. The number of carbonyl (C=O) groups is 2. The van der Waals surface area contributed by atoms with E-state index in [4.69, 9.17) is 5.73 Å². The Labute approximate surface area is 183 Å². The zero-order valence-electron chi connectivity index (χ0n) is 17.1. The smallest absolute Gasteiger partial charge is 0.211 e. The highest BCUT2D eigenvalue weighted by molar-refractivity contribution is 6.06. The summed E-state index contributed by atoms with van der Waals surface area (Å²) in [5.41, 5.74) is 12.7. The van der Waals surface area contributed by atoms with E-state index in [1.54, 1.807) is 18.3 Å². The van der Waals surface area contributed by atoms with Gasteiger partial charge in [-0.05, 0) is 76.9 Å². The number of hydrogen-bond donors (Lipinski definition) is 4. The number of benzene rings is 3. The molecule has 0 unspecified atom stereocenters. The van der Waals surface area contributed by atoms with Crippen LogP contribution < -0.4 is 16.4 Å². The molecule has 4 rings (SSSR count). The second-order valence-electron chi connectivity index (χ2n) is 7.12. The van der Waals surface area contributed by atoms with E-state index in [2.05, 4.69) is 15.6 Å². The van der Waals surface area contributed by atoms with Crippen LogP contribution in [0.2, 0.25) is 0 Å². The van der Waals surface area contributed by atoms with Gasteiger partial charge in [0.1, 0.15) is 12.1 Å².